The topological polar surface area (TPSA) is 87.0 Å². The van der Waals surface area contributed by atoms with Crippen molar-refractivity contribution in [3.63, 3.8) is 0 Å². The van der Waals surface area contributed by atoms with E-state index in [1.807, 2.05) is 19.1 Å². The monoisotopic (exact) mass is 498 g/mol. The van der Waals surface area contributed by atoms with Crippen LogP contribution < -0.4 is 4.74 Å². The van der Waals surface area contributed by atoms with Crippen LogP contribution in [0.15, 0.2) is 36.4 Å². The minimum Gasteiger partial charge on any atom is -0.479 e. The first-order valence-corrected chi connectivity index (χ1v) is 13.2. The number of hydrogen-bond acceptors (Lipinski definition) is 4. The van der Waals surface area contributed by atoms with Gasteiger partial charge in [-0.25, -0.2) is 4.79 Å². The van der Waals surface area contributed by atoms with Gasteiger partial charge in [-0.15, -0.1) is 0 Å². The van der Waals surface area contributed by atoms with Crippen molar-refractivity contribution < 1.29 is 24.9 Å². The molecule has 0 fully saturated rings. The number of carbonyl (C=O) groups is 1. The van der Waals surface area contributed by atoms with Crippen molar-refractivity contribution in [1.29, 1.82) is 0 Å². The van der Waals surface area contributed by atoms with Gasteiger partial charge in [-0.3, -0.25) is 0 Å². The Morgan fingerprint density at radius 3 is 1.94 bits per heavy atom. The summed E-state index contributed by atoms with van der Waals surface area (Å²) in [6, 6.07) is 12.7. The third-order valence-electron chi connectivity index (χ3n) is 7.62. The van der Waals surface area contributed by atoms with E-state index in [2.05, 4.69) is 65.8 Å². The lowest BCUT2D eigenvalue weighted by Gasteiger charge is -2.34. The zero-order valence-corrected chi connectivity index (χ0v) is 23.4. The Morgan fingerprint density at radius 1 is 0.944 bits per heavy atom. The highest BCUT2D eigenvalue weighted by atomic mass is 16.5. The van der Waals surface area contributed by atoms with E-state index in [1.54, 1.807) is 6.92 Å². The molecule has 0 radical (unpaired) electrons. The van der Waals surface area contributed by atoms with Crippen LogP contribution in [0.1, 0.15) is 95.0 Å². The number of aliphatic hydroxyl groups is 2. The molecule has 0 aromatic heterocycles. The van der Waals surface area contributed by atoms with Gasteiger partial charge in [0.15, 0.2) is 6.10 Å². The molecule has 0 aliphatic carbocycles. The number of hydrogen-bond donors (Lipinski definition) is 3. The standard InChI is InChI=1S/C31H46O5/c1-9-31(10-2,24-13-11-23(20(3)17-24)12-16-28(33)30(6,7)8)25-14-15-26(21(4)18-25)36-27(29(34)35)19-22(5)32/h11,13-15,17-18,22,27-28,32-33H,9-10,12,16,19H2,1-8H3,(H,34,35)/t22-,27?,28?/m1/s1. The number of ether oxygens (including phenoxy) is 1. The lowest BCUT2D eigenvalue weighted by Crippen LogP contribution is -2.31. The normalized spacial score (nSPS) is 14.8. The molecule has 0 aliphatic heterocycles. The highest BCUT2D eigenvalue weighted by Gasteiger charge is 2.32. The van der Waals surface area contributed by atoms with Crippen molar-refractivity contribution >= 4 is 5.97 Å². The van der Waals surface area contributed by atoms with E-state index in [1.165, 1.54) is 22.3 Å². The molecule has 200 valence electrons. The van der Waals surface area contributed by atoms with Crippen LogP contribution in [0, 0.1) is 19.3 Å². The minimum atomic E-state index is -1.09. The average molecular weight is 499 g/mol. The Labute approximate surface area is 217 Å². The first kappa shape index (κ1) is 29.9. The summed E-state index contributed by atoms with van der Waals surface area (Å²) in [5.74, 6) is -0.557. The first-order valence-electron chi connectivity index (χ1n) is 13.2. The molecule has 0 spiro atoms. The Kier molecular flexibility index (Phi) is 10.2. The van der Waals surface area contributed by atoms with Gasteiger partial charge >= 0.3 is 5.97 Å². The maximum absolute atomic E-state index is 11.6. The Hall–Kier alpha value is -2.37. The molecule has 3 atom stereocenters. The largest absolute Gasteiger partial charge is 0.479 e. The van der Waals surface area contributed by atoms with Crippen LogP contribution >= 0.6 is 0 Å². The van der Waals surface area contributed by atoms with E-state index in [9.17, 15) is 20.1 Å². The van der Waals surface area contributed by atoms with E-state index in [0.29, 0.717) is 5.75 Å². The molecule has 3 N–H and O–H groups in total. The molecular weight excluding hydrogens is 452 g/mol. The number of carboxylic acid groups (broad SMARTS) is 1. The second-order valence-corrected chi connectivity index (χ2v) is 11.4. The van der Waals surface area contributed by atoms with Gasteiger partial charge in [-0.1, -0.05) is 65.0 Å². The highest BCUT2D eigenvalue weighted by molar-refractivity contribution is 5.73. The molecule has 0 aliphatic rings. The molecule has 0 amide bonds. The van der Waals surface area contributed by atoms with Gasteiger partial charge in [0.2, 0.25) is 0 Å². The van der Waals surface area contributed by atoms with Crippen molar-refractivity contribution in [2.24, 2.45) is 5.41 Å². The molecule has 2 aromatic rings. The van der Waals surface area contributed by atoms with E-state index >= 15 is 0 Å². The number of rotatable bonds is 12. The number of benzene rings is 2. The fraction of sp³-hybridized carbons (Fsp3) is 0.581. The Bertz CT molecular complexity index is 1010. The van der Waals surface area contributed by atoms with Crippen molar-refractivity contribution in [3.8, 4) is 5.75 Å². The smallest absolute Gasteiger partial charge is 0.344 e. The molecule has 2 aromatic carbocycles. The van der Waals surface area contributed by atoms with Gasteiger partial charge in [0.25, 0.3) is 0 Å². The quantitative estimate of drug-likeness (QED) is 0.317. The molecule has 2 unspecified atom stereocenters. The summed E-state index contributed by atoms with van der Waals surface area (Å²) in [4.78, 5) is 11.6. The summed E-state index contributed by atoms with van der Waals surface area (Å²) >= 11 is 0. The summed E-state index contributed by atoms with van der Waals surface area (Å²) in [6.45, 7) is 16.3. The van der Waals surface area contributed by atoms with E-state index < -0.39 is 18.2 Å². The SMILES string of the molecule is CCC(CC)(c1ccc(CCC(O)C(C)(C)C)c(C)c1)c1ccc(OC(C[C@@H](C)O)C(=O)O)c(C)c1. The molecule has 0 heterocycles. The summed E-state index contributed by atoms with van der Waals surface area (Å²) in [7, 11) is 0. The number of aliphatic hydroxyl groups excluding tert-OH is 2. The lowest BCUT2D eigenvalue weighted by molar-refractivity contribution is -0.146. The third kappa shape index (κ3) is 7.10. The zero-order valence-electron chi connectivity index (χ0n) is 23.4. The molecule has 0 bridgehead atoms. The van der Waals surface area contributed by atoms with E-state index in [0.717, 1.165) is 31.2 Å². The molecular formula is C31H46O5. The van der Waals surface area contributed by atoms with E-state index in [-0.39, 0.29) is 23.4 Å². The summed E-state index contributed by atoms with van der Waals surface area (Å²) in [6.07, 6.45) is 1.26. The lowest BCUT2D eigenvalue weighted by atomic mass is 9.69. The third-order valence-corrected chi connectivity index (χ3v) is 7.62. The van der Waals surface area contributed by atoms with Gasteiger partial charge in [0.1, 0.15) is 5.75 Å². The molecule has 5 nitrogen and oxygen atoms in total. The predicted molar refractivity (Wildman–Crippen MR) is 146 cm³/mol. The Balaban J connectivity index is 2.36. The van der Waals surface area contributed by atoms with Crippen LogP contribution in [0.3, 0.4) is 0 Å². The summed E-state index contributed by atoms with van der Waals surface area (Å²) in [5.41, 5.74) is 5.51. The molecule has 5 heteroatoms. The number of aliphatic carboxylic acids is 1. The number of carboxylic acids is 1. The minimum absolute atomic E-state index is 0.0305. The maximum Gasteiger partial charge on any atom is 0.344 e. The van der Waals surface area contributed by atoms with Gasteiger partial charge in [0.05, 0.1) is 12.2 Å². The van der Waals surface area contributed by atoms with Gasteiger partial charge in [-0.2, -0.15) is 0 Å². The number of aryl methyl sites for hydroxylation is 3. The van der Waals surface area contributed by atoms with Gasteiger partial charge in [0, 0.05) is 11.8 Å². The molecule has 0 saturated carbocycles. The Morgan fingerprint density at radius 2 is 1.50 bits per heavy atom. The van der Waals surface area contributed by atoms with Crippen LogP contribution in [0.4, 0.5) is 0 Å². The first-order chi connectivity index (χ1) is 16.7. The van der Waals surface area contributed by atoms with Crippen molar-refractivity contribution in [1.82, 2.24) is 0 Å². The van der Waals surface area contributed by atoms with Gasteiger partial charge in [-0.05, 0) is 85.8 Å². The average Bonchev–Trinajstić information content (AvgIpc) is 2.79. The molecule has 2 rings (SSSR count). The highest BCUT2D eigenvalue weighted by Crippen LogP contribution is 2.41. The predicted octanol–water partition coefficient (Wildman–Crippen LogP) is 6.35. The van der Waals surface area contributed by atoms with Crippen LogP contribution in [0.25, 0.3) is 0 Å². The molecule has 0 saturated heterocycles. The summed E-state index contributed by atoms with van der Waals surface area (Å²) in [5, 5.41) is 29.6. The fourth-order valence-electron chi connectivity index (χ4n) is 4.97. The van der Waals surface area contributed by atoms with Crippen LogP contribution in [0.5, 0.6) is 5.75 Å². The fourth-order valence-corrected chi connectivity index (χ4v) is 4.97. The van der Waals surface area contributed by atoms with Crippen LogP contribution in [-0.2, 0) is 16.6 Å². The van der Waals surface area contributed by atoms with Crippen molar-refractivity contribution in [2.75, 3.05) is 0 Å². The maximum atomic E-state index is 11.6. The van der Waals surface area contributed by atoms with Crippen LogP contribution in [0.2, 0.25) is 0 Å². The molecule has 36 heavy (non-hydrogen) atoms. The van der Waals surface area contributed by atoms with Gasteiger partial charge < -0.3 is 20.1 Å². The zero-order chi connectivity index (χ0) is 27.3. The van der Waals surface area contributed by atoms with Crippen molar-refractivity contribution in [2.45, 2.75) is 111 Å². The second kappa shape index (κ2) is 12.2. The second-order valence-electron chi connectivity index (χ2n) is 11.4. The van der Waals surface area contributed by atoms with Crippen LogP contribution in [-0.4, -0.2) is 39.6 Å². The van der Waals surface area contributed by atoms with Crippen molar-refractivity contribution in [3.05, 3.63) is 64.2 Å². The summed E-state index contributed by atoms with van der Waals surface area (Å²) < 4.78 is 5.78. The van der Waals surface area contributed by atoms with E-state index in [4.69, 9.17) is 4.74 Å².